The van der Waals surface area contributed by atoms with Gasteiger partial charge in [0.2, 0.25) is 0 Å². The monoisotopic (exact) mass is 221 g/mol. The molecule has 2 nitrogen and oxygen atoms in total. The molecule has 0 saturated heterocycles. The van der Waals surface area contributed by atoms with Crippen LogP contribution in [0.2, 0.25) is 0 Å². The van der Waals surface area contributed by atoms with Crippen LogP contribution < -0.4 is 0 Å². The number of pyridine rings is 1. The van der Waals surface area contributed by atoms with Crippen molar-refractivity contribution in [1.82, 2.24) is 4.98 Å². The zero-order valence-electron chi connectivity index (χ0n) is 8.27. The Morgan fingerprint density at radius 2 is 1.88 bits per heavy atom. The molecule has 0 aliphatic heterocycles. The zero-order chi connectivity index (χ0) is 11.5. The third-order valence-corrected chi connectivity index (χ3v) is 2.23. The van der Waals surface area contributed by atoms with E-state index in [9.17, 15) is 13.9 Å². The first-order chi connectivity index (χ1) is 7.68. The average molecular weight is 221 g/mol. The first-order valence-corrected chi connectivity index (χ1v) is 4.72. The molecular weight excluding hydrogens is 212 g/mol. The summed E-state index contributed by atoms with van der Waals surface area (Å²) < 4.78 is 25.6. The Bertz CT molecular complexity index is 488. The van der Waals surface area contributed by atoms with Crippen LogP contribution in [0.3, 0.4) is 0 Å². The molecule has 4 heteroatoms. The van der Waals surface area contributed by atoms with Gasteiger partial charge in [0.25, 0.3) is 0 Å². The predicted molar refractivity (Wildman–Crippen MR) is 54.7 cm³/mol. The number of rotatable bonds is 2. The molecule has 82 valence electrons. The molecule has 2 aromatic rings. The molecule has 0 spiro atoms. The maximum atomic E-state index is 12.9. The molecule has 0 radical (unpaired) electrons. The van der Waals surface area contributed by atoms with Crippen LogP contribution in [0.4, 0.5) is 8.78 Å². The number of benzene rings is 1. The van der Waals surface area contributed by atoms with Crippen LogP contribution in [-0.4, -0.2) is 10.1 Å². The lowest BCUT2D eigenvalue weighted by atomic mass is 10.1. The highest BCUT2D eigenvalue weighted by Gasteiger charge is 2.13. The Morgan fingerprint density at radius 3 is 2.50 bits per heavy atom. The first-order valence-electron chi connectivity index (χ1n) is 4.72. The second-order valence-electron chi connectivity index (χ2n) is 3.33. The van der Waals surface area contributed by atoms with Crippen LogP contribution in [0.25, 0.3) is 0 Å². The van der Waals surface area contributed by atoms with Gasteiger partial charge < -0.3 is 5.11 Å². The Hall–Kier alpha value is -1.81. The van der Waals surface area contributed by atoms with Gasteiger partial charge in [-0.05, 0) is 29.8 Å². The van der Waals surface area contributed by atoms with Crippen molar-refractivity contribution in [2.45, 2.75) is 6.10 Å². The minimum absolute atomic E-state index is 0.276. The van der Waals surface area contributed by atoms with Crippen LogP contribution in [0.5, 0.6) is 0 Å². The summed E-state index contributed by atoms with van der Waals surface area (Å²) >= 11 is 0. The summed E-state index contributed by atoms with van der Waals surface area (Å²) in [6.07, 6.45) is 0.481. The SMILES string of the molecule is OC(c1ccc(F)c(F)c1)c1ccccn1. The lowest BCUT2D eigenvalue weighted by Crippen LogP contribution is -2.02. The second-order valence-corrected chi connectivity index (χ2v) is 3.33. The lowest BCUT2D eigenvalue weighted by Gasteiger charge is -2.10. The van der Waals surface area contributed by atoms with E-state index >= 15 is 0 Å². The number of aliphatic hydroxyl groups is 1. The van der Waals surface area contributed by atoms with Crippen LogP contribution in [0.15, 0.2) is 42.6 Å². The van der Waals surface area contributed by atoms with E-state index in [2.05, 4.69) is 4.98 Å². The van der Waals surface area contributed by atoms with Crippen LogP contribution in [0.1, 0.15) is 17.4 Å². The summed E-state index contributed by atoms with van der Waals surface area (Å²) in [5, 5.41) is 9.86. The van der Waals surface area contributed by atoms with Gasteiger partial charge in [-0.15, -0.1) is 0 Å². The molecule has 1 aromatic carbocycles. The minimum Gasteiger partial charge on any atom is -0.382 e. The fourth-order valence-corrected chi connectivity index (χ4v) is 1.39. The van der Waals surface area contributed by atoms with Gasteiger partial charge in [0, 0.05) is 6.20 Å². The fourth-order valence-electron chi connectivity index (χ4n) is 1.39. The number of hydrogen-bond donors (Lipinski definition) is 1. The van der Waals surface area contributed by atoms with E-state index in [4.69, 9.17) is 0 Å². The van der Waals surface area contributed by atoms with Gasteiger partial charge in [0.05, 0.1) is 5.69 Å². The van der Waals surface area contributed by atoms with E-state index < -0.39 is 17.7 Å². The van der Waals surface area contributed by atoms with Gasteiger partial charge in [-0.2, -0.15) is 0 Å². The average Bonchev–Trinajstić information content (AvgIpc) is 2.33. The molecule has 0 fully saturated rings. The maximum absolute atomic E-state index is 12.9. The summed E-state index contributed by atoms with van der Waals surface area (Å²) in [4.78, 5) is 3.94. The standard InChI is InChI=1S/C12H9F2NO/c13-9-5-4-8(7-10(9)14)12(16)11-3-1-2-6-15-11/h1-7,12,16H. The normalized spacial score (nSPS) is 12.4. The van der Waals surface area contributed by atoms with Gasteiger partial charge in [-0.3, -0.25) is 4.98 Å². The summed E-state index contributed by atoms with van der Waals surface area (Å²) in [5.41, 5.74) is 0.672. The third kappa shape index (κ3) is 2.06. The van der Waals surface area contributed by atoms with E-state index in [0.29, 0.717) is 5.69 Å². The van der Waals surface area contributed by atoms with E-state index in [-0.39, 0.29) is 5.56 Å². The van der Waals surface area contributed by atoms with Crippen LogP contribution >= 0.6 is 0 Å². The van der Waals surface area contributed by atoms with Gasteiger partial charge in [-0.1, -0.05) is 12.1 Å². The number of nitrogens with zero attached hydrogens (tertiary/aromatic N) is 1. The van der Waals surface area contributed by atoms with Gasteiger partial charge in [-0.25, -0.2) is 8.78 Å². The van der Waals surface area contributed by atoms with Crippen molar-refractivity contribution >= 4 is 0 Å². The predicted octanol–water partition coefficient (Wildman–Crippen LogP) is 2.44. The van der Waals surface area contributed by atoms with Crippen molar-refractivity contribution in [1.29, 1.82) is 0 Å². The fraction of sp³-hybridized carbons (Fsp3) is 0.0833. The summed E-state index contributed by atoms with van der Waals surface area (Å²) in [7, 11) is 0. The second kappa shape index (κ2) is 4.37. The van der Waals surface area contributed by atoms with Crippen molar-refractivity contribution in [2.24, 2.45) is 0 Å². The molecule has 16 heavy (non-hydrogen) atoms. The minimum atomic E-state index is -1.05. The molecule has 0 saturated carbocycles. The Labute approximate surface area is 91.2 Å². The summed E-state index contributed by atoms with van der Waals surface area (Å²) in [6, 6.07) is 8.32. The van der Waals surface area contributed by atoms with Crippen molar-refractivity contribution in [2.75, 3.05) is 0 Å². The highest BCUT2D eigenvalue weighted by Crippen LogP contribution is 2.21. The topological polar surface area (TPSA) is 33.1 Å². The summed E-state index contributed by atoms with van der Waals surface area (Å²) in [5.74, 6) is -1.91. The zero-order valence-corrected chi connectivity index (χ0v) is 8.27. The van der Waals surface area contributed by atoms with Crippen molar-refractivity contribution < 1.29 is 13.9 Å². The quantitative estimate of drug-likeness (QED) is 0.844. The Kier molecular flexibility index (Phi) is 2.92. The number of halogens is 2. The molecule has 1 N–H and O–H groups in total. The molecule has 1 atom stereocenters. The number of aliphatic hydroxyl groups excluding tert-OH is 1. The lowest BCUT2D eigenvalue weighted by molar-refractivity contribution is 0.214. The number of aromatic nitrogens is 1. The van der Waals surface area contributed by atoms with Gasteiger partial charge in [0.1, 0.15) is 6.10 Å². The van der Waals surface area contributed by atoms with Gasteiger partial charge in [0.15, 0.2) is 11.6 Å². The molecule has 1 aromatic heterocycles. The first kappa shape index (κ1) is 10.7. The third-order valence-electron chi connectivity index (χ3n) is 2.23. The van der Waals surface area contributed by atoms with E-state index in [1.807, 2.05) is 0 Å². The van der Waals surface area contributed by atoms with Crippen LogP contribution in [0, 0.1) is 11.6 Å². The maximum Gasteiger partial charge on any atom is 0.159 e. The van der Waals surface area contributed by atoms with E-state index in [1.165, 1.54) is 12.3 Å². The molecule has 1 unspecified atom stereocenters. The molecule has 2 rings (SSSR count). The highest BCUT2D eigenvalue weighted by molar-refractivity contribution is 5.26. The largest absolute Gasteiger partial charge is 0.382 e. The van der Waals surface area contributed by atoms with Crippen molar-refractivity contribution in [3.05, 3.63) is 65.5 Å². The molecule has 0 bridgehead atoms. The molecule has 1 heterocycles. The van der Waals surface area contributed by atoms with E-state index in [0.717, 1.165) is 12.1 Å². The summed E-state index contributed by atoms with van der Waals surface area (Å²) in [6.45, 7) is 0. The molecule has 0 amide bonds. The Morgan fingerprint density at radius 1 is 1.06 bits per heavy atom. The van der Waals surface area contributed by atoms with Gasteiger partial charge >= 0.3 is 0 Å². The molecule has 0 aliphatic rings. The molecule has 0 aliphatic carbocycles. The molecular formula is C12H9F2NO. The van der Waals surface area contributed by atoms with Crippen molar-refractivity contribution in [3.8, 4) is 0 Å². The smallest absolute Gasteiger partial charge is 0.159 e. The van der Waals surface area contributed by atoms with Crippen molar-refractivity contribution in [3.63, 3.8) is 0 Å². The Balaban J connectivity index is 2.34. The van der Waals surface area contributed by atoms with Crippen LogP contribution in [-0.2, 0) is 0 Å². The highest BCUT2D eigenvalue weighted by atomic mass is 19.2. The number of hydrogen-bond acceptors (Lipinski definition) is 2. The van der Waals surface area contributed by atoms with E-state index in [1.54, 1.807) is 18.2 Å².